The first kappa shape index (κ1) is 23.4. The minimum Gasteiger partial charge on any atom is -0.348 e. The number of carbonyl (C=O) groups is 1. The van der Waals surface area contributed by atoms with Crippen LogP contribution >= 0.6 is 0 Å². The number of fused-ring (bicyclic) bond motifs is 1. The second-order valence-electron chi connectivity index (χ2n) is 8.65. The molecule has 8 heteroatoms. The van der Waals surface area contributed by atoms with E-state index in [9.17, 15) is 9.18 Å². The van der Waals surface area contributed by atoms with Crippen LogP contribution in [0.5, 0.6) is 0 Å². The lowest BCUT2D eigenvalue weighted by molar-refractivity contribution is 0.0958. The quantitative estimate of drug-likeness (QED) is 0.364. The molecule has 34 heavy (non-hydrogen) atoms. The Kier molecular flexibility index (Phi) is 6.88. The van der Waals surface area contributed by atoms with Gasteiger partial charge in [0.05, 0.1) is 16.9 Å². The molecule has 3 aromatic rings. The molecule has 1 aromatic carbocycles. The SMILES string of the molecule is C=CCNC(=O)c1cnc(Nc2ccc3c(c2)CCNC3)cc1Nc1cccc(C(C)(C)F)n1. The molecular weight excluding hydrogens is 431 g/mol. The minimum absolute atomic E-state index is 0.297. The van der Waals surface area contributed by atoms with E-state index in [1.54, 1.807) is 30.3 Å². The third-order valence-corrected chi connectivity index (χ3v) is 5.54. The molecule has 4 rings (SSSR count). The molecule has 2 aromatic heterocycles. The lowest BCUT2D eigenvalue weighted by Crippen LogP contribution is -2.24. The van der Waals surface area contributed by atoms with E-state index < -0.39 is 5.67 Å². The first-order valence-corrected chi connectivity index (χ1v) is 11.3. The van der Waals surface area contributed by atoms with E-state index in [2.05, 4.69) is 49.9 Å². The van der Waals surface area contributed by atoms with Crippen molar-refractivity contribution in [3.05, 3.63) is 83.7 Å². The zero-order valence-corrected chi connectivity index (χ0v) is 19.4. The summed E-state index contributed by atoms with van der Waals surface area (Å²) in [5.74, 6) is 0.697. The van der Waals surface area contributed by atoms with E-state index in [-0.39, 0.29) is 5.91 Å². The number of carbonyl (C=O) groups excluding carboxylic acids is 1. The van der Waals surface area contributed by atoms with Crippen molar-refractivity contribution in [1.29, 1.82) is 0 Å². The highest BCUT2D eigenvalue weighted by Gasteiger charge is 2.21. The summed E-state index contributed by atoms with van der Waals surface area (Å²) in [4.78, 5) is 21.6. The summed E-state index contributed by atoms with van der Waals surface area (Å²) in [5, 5.41) is 12.6. The zero-order chi connectivity index (χ0) is 24.1. The van der Waals surface area contributed by atoms with E-state index >= 15 is 0 Å². The molecule has 3 heterocycles. The van der Waals surface area contributed by atoms with Crippen LogP contribution in [0.25, 0.3) is 0 Å². The van der Waals surface area contributed by atoms with Gasteiger partial charge in [0.25, 0.3) is 5.91 Å². The Hall–Kier alpha value is -3.78. The monoisotopic (exact) mass is 460 g/mol. The maximum absolute atomic E-state index is 14.4. The lowest BCUT2D eigenvalue weighted by atomic mass is 10.0. The lowest BCUT2D eigenvalue weighted by Gasteiger charge is -2.19. The maximum Gasteiger partial charge on any atom is 0.255 e. The summed E-state index contributed by atoms with van der Waals surface area (Å²) in [6.07, 6.45) is 4.09. The Morgan fingerprint density at radius 2 is 2.03 bits per heavy atom. The smallest absolute Gasteiger partial charge is 0.255 e. The summed E-state index contributed by atoms with van der Waals surface area (Å²) in [7, 11) is 0. The van der Waals surface area contributed by atoms with Gasteiger partial charge in [-0.3, -0.25) is 4.79 Å². The average molecular weight is 461 g/mol. The summed E-state index contributed by atoms with van der Waals surface area (Å²) in [6, 6.07) is 13.1. The highest BCUT2D eigenvalue weighted by Crippen LogP contribution is 2.28. The fraction of sp³-hybridized carbons (Fsp3) is 0.269. The number of halogens is 1. The molecule has 0 fully saturated rings. The number of aromatic nitrogens is 2. The fourth-order valence-corrected chi connectivity index (χ4v) is 3.74. The zero-order valence-electron chi connectivity index (χ0n) is 19.4. The van der Waals surface area contributed by atoms with Crippen molar-refractivity contribution < 1.29 is 9.18 Å². The molecule has 0 saturated carbocycles. The maximum atomic E-state index is 14.4. The molecule has 0 aliphatic carbocycles. The topological polar surface area (TPSA) is 91.0 Å². The predicted octanol–water partition coefficient (Wildman–Crippen LogP) is 4.73. The number of pyridine rings is 2. The van der Waals surface area contributed by atoms with Crippen LogP contribution in [0.3, 0.4) is 0 Å². The van der Waals surface area contributed by atoms with Gasteiger partial charge in [0.15, 0.2) is 0 Å². The molecule has 176 valence electrons. The predicted molar refractivity (Wildman–Crippen MR) is 134 cm³/mol. The fourth-order valence-electron chi connectivity index (χ4n) is 3.74. The van der Waals surface area contributed by atoms with Crippen molar-refractivity contribution in [3.8, 4) is 0 Å². The number of hydrogen-bond donors (Lipinski definition) is 4. The second kappa shape index (κ2) is 10.0. The van der Waals surface area contributed by atoms with Crippen LogP contribution < -0.4 is 21.3 Å². The van der Waals surface area contributed by atoms with Gasteiger partial charge < -0.3 is 21.3 Å². The standard InChI is InChI=1S/C26H29FN6O/c1-4-11-29-25(34)20-16-30-24(31-19-9-8-18-15-28-12-10-17(18)13-19)14-21(20)32-23-7-5-6-22(33-23)26(2,3)27/h4-9,13-14,16,28H,1,10-12,15H2,2-3H3,(H,29,34)(H2,30,31,32,33). The Bertz CT molecular complexity index is 1200. The van der Waals surface area contributed by atoms with Gasteiger partial charge in [0, 0.05) is 31.0 Å². The molecule has 1 amide bonds. The molecule has 4 N–H and O–H groups in total. The van der Waals surface area contributed by atoms with Crippen molar-refractivity contribution >= 4 is 28.9 Å². The van der Waals surface area contributed by atoms with Crippen molar-refractivity contribution in [2.45, 2.75) is 32.5 Å². The van der Waals surface area contributed by atoms with E-state index in [1.807, 2.05) is 6.07 Å². The van der Waals surface area contributed by atoms with Crippen LogP contribution in [0.2, 0.25) is 0 Å². The molecule has 0 atom stereocenters. The van der Waals surface area contributed by atoms with E-state index in [4.69, 9.17) is 0 Å². The summed E-state index contributed by atoms with van der Waals surface area (Å²) in [5.41, 5.74) is 3.07. The van der Waals surface area contributed by atoms with Crippen LogP contribution in [0.4, 0.5) is 27.4 Å². The first-order chi connectivity index (χ1) is 16.3. The highest BCUT2D eigenvalue weighted by atomic mass is 19.1. The minimum atomic E-state index is -1.59. The van der Waals surface area contributed by atoms with Gasteiger partial charge in [0.2, 0.25) is 0 Å². The number of nitrogens with one attached hydrogen (secondary N) is 4. The highest BCUT2D eigenvalue weighted by molar-refractivity contribution is 6.00. The molecule has 7 nitrogen and oxygen atoms in total. The van der Waals surface area contributed by atoms with E-state index in [0.717, 1.165) is 25.2 Å². The Morgan fingerprint density at radius 3 is 2.82 bits per heavy atom. The van der Waals surface area contributed by atoms with Gasteiger partial charge in [-0.1, -0.05) is 18.2 Å². The van der Waals surface area contributed by atoms with Gasteiger partial charge >= 0.3 is 0 Å². The van der Waals surface area contributed by atoms with Gasteiger partial charge in [0.1, 0.15) is 17.3 Å². The number of alkyl halides is 1. The number of benzene rings is 1. The number of rotatable bonds is 8. The second-order valence-corrected chi connectivity index (χ2v) is 8.65. The molecule has 0 saturated heterocycles. The van der Waals surface area contributed by atoms with Gasteiger partial charge in [-0.05, 0) is 62.2 Å². The molecule has 1 aliphatic heterocycles. The Morgan fingerprint density at radius 1 is 1.18 bits per heavy atom. The van der Waals surface area contributed by atoms with Crippen molar-refractivity contribution in [1.82, 2.24) is 20.6 Å². The third kappa shape index (κ3) is 5.58. The van der Waals surface area contributed by atoms with Crippen LogP contribution in [-0.2, 0) is 18.6 Å². The van der Waals surface area contributed by atoms with Crippen LogP contribution in [0.15, 0.2) is 61.3 Å². The summed E-state index contributed by atoms with van der Waals surface area (Å²) in [6.45, 7) is 8.70. The summed E-state index contributed by atoms with van der Waals surface area (Å²) >= 11 is 0. The number of hydrogen-bond acceptors (Lipinski definition) is 6. The van der Waals surface area contributed by atoms with Gasteiger partial charge in [-0.25, -0.2) is 14.4 Å². The molecule has 1 aliphatic rings. The van der Waals surface area contributed by atoms with Crippen LogP contribution in [0, 0.1) is 0 Å². The normalized spacial score (nSPS) is 13.0. The molecule has 0 unspecified atom stereocenters. The number of nitrogens with zero attached hydrogens (tertiary/aromatic N) is 2. The van der Waals surface area contributed by atoms with Crippen LogP contribution in [-0.4, -0.2) is 29.0 Å². The number of anilines is 4. The Balaban J connectivity index is 1.64. The van der Waals surface area contributed by atoms with Crippen LogP contribution in [0.1, 0.15) is 41.0 Å². The Labute approximate surface area is 198 Å². The van der Waals surface area contributed by atoms with Gasteiger partial charge in [-0.15, -0.1) is 6.58 Å². The first-order valence-electron chi connectivity index (χ1n) is 11.3. The average Bonchev–Trinajstić information content (AvgIpc) is 2.82. The number of amides is 1. The third-order valence-electron chi connectivity index (χ3n) is 5.54. The van der Waals surface area contributed by atoms with Crippen molar-refractivity contribution in [3.63, 3.8) is 0 Å². The van der Waals surface area contributed by atoms with Crippen molar-refractivity contribution in [2.75, 3.05) is 23.7 Å². The van der Waals surface area contributed by atoms with Gasteiger partial charge in [-0.2, -0.15) is 0 Å². The molecule has 0 bridgehead atoms. The molecule has 0 radical (unpaired) electrons. The van der Waals surface area contributed by atoms with E-state index in [0.29, 0.717) is 35.1 Å². The summed E-state index contributed by atoms with van der Waals surface area (Å²) < 4.78 is 14.4. The van der Waals surface area contributed by atoms with E-state index in [1.165, 1.54) is 31.2 Å². The van der Waals surface area contributed by atoms with Crippen molar-refractivity contribution in [2.24, 2.45) is 0 Å². The molecular formula is C26H29FN6O. The largest absolute Gasteiger partial charge is 0.348 e. The molecule has 0 spiro atoms.